The molecule has 0 spiro atoms. The fraction of sp³-hybridized carbons (Fsp3) is 1.00. The molecule has 0 saturated heterocycles. The van der Waals surface area contributed by atoms with E-state index >= 15 is 0 Å². The molecule has 0 bridgehead atoms. The summed E-state index contributed by atoms with van der Waals surface area (Å²) in [4.78, 5) is 0. The van der Waals surface area contributed by atoms with Gasteiger partial charge in [-0.2, -0.15) is 4.31 Å². The largest absolute Gasteiger partial charge is 0.294 e. The highest BCUT2D eigenvalue weighted by Crippen LogP contribution is 2.23. The number of halogens is 2. The summed E-state index contributed by atoms with van der Waals surface area (Å²) < 4.78 is 21.6. The molecule has 16 heavy (non-hydrogen) atoms. The molecule has 98 valence electrons. The molecule has 3 nitrogen and oxygen atoms in total. The predicted molar refractivity (Wildman–Crippen MR) is 70.9 cm³/mol. The van der Waals surface area contributed by atoms with E-state index in [0.717, 1.165) is 25.7 Å². The van der Waals surface area contributed by atoms with E-state index < -0.39 is 22.3 Å². The van der Waals surface area contributed by atoms with Crippen molar-refractivity contribution in [3.05, 3.63) is 0 Å². The molecular formula is C10H21Cl2NO2S. The van der Waals surface area contributed by atoms with Gasteiger partial charge < -0.3 is 0 Å². The molecule has 0 saturated carbocycles. The molecule has 0 aliphatic rings. The smallest absolute Gasteiger partial charge is 0.237 e. The Bertz CT molecular complexity index is 193. The Morgan fingerprint density at radius 2 is 1.50 bits per heavy atom. The van der Waals surface area contributed by atoms with Crippen LogP contribution in [0.5, 0.6) is 0 Å². The topological polar surface area (TPSA) is 40.5 Å². The van der Waals surface area contributed by atoms with Crippen molar-refractivity contribution in [2.45, 2.75) is 63.4 Å². The lowest BCUT2D eigenvalue weighted by molar-refractivity contribution is 0.324. The average molecular weight is 290 g/mol. The van der Waals surface area contributed by atoms with Gasteiger partial charge in [0.1, 0.15) is 11.0 Å². The molecule has 0 amide bonds. The van der Waals surface area contributed by atoms with Crippen LogP contribution in [0.15, 0.2) is 0 Å². The average Bonchev–Trinajstić information content (AvgIpc) is 2.23. The van der Waals surface area contributed by atoms with Crippen molar-refractivity contribution in [2.75, 3.05) is 0 Å². The van der Waals surface area contributed by atoms with Crippen LogP contribution in [0.2, 0.25) is 0 Å². The normalized spacial score (nSPS) is 17.4. The molecule has 0 aliphatic carbocycles. The van der Waals surface area contributed by atoms with E-state index in [1.54, 1.807) is 0 Å². The zero-order chi connectivity index (χ0) is 12.6. The molecule has 1 N–H and O–H groups in total. The maximum absolute atomic E-state index is 11.2. The van der Waals surface area contributed by atoms with E-state index in [1.165, 1.54) is 4.31 Å². The van der Waals surface area contributed by atoms with Crippen molar-refractivity contribution in [2.24, 2.45) is 0 Å². The monoisotopic (exact) mass is 289 g/mol. The Morgan fingerprint density at radius 3 is 1.75 bits per heavy atom. The summed E-state index contributed by atoms with van der Waals surface area (Å²) in [6.45, 7) is 4.11. The van der Waals surface area contributed by atoms with Crippen LogP contribution in [-0.2, 0) is 11.3 Å². The fourth-order valence-electron chi connectivity index (χ4n) is 1.37. The first-order chi connectivity index (χ1) is 7.54. The summed E-state index contributed by atoms with van der Waals surface area (Å²) in [5, 5.41) is 0. The summed E-state index contributed by atoms with van der Waals surface area (Å²) in [5.41, 5.74) is -0.935. The number of hydrogen-bond acceptors (Lipinski definition) is 1. The van der Waals surface area contributed by atoms with Crippen LogP contribution >= 0.6 is 23.2 Å². The zero-order valence-corrected chi connectivity index (χ0v) is 12.2. The lowest BCUT2D eigenvalue weighted by Gasteiger charge is -2.27. The predicted octanol–water partition coefficient (Wildman–Crippen LogP) is 3.94. The molecule has 0 aliphatic heterocycles. The molecule has 6 heteroatoms. The molecule has 3 atom stereocenters. The quantitative estimate of drug-likeness (QED) is 0.397. The molecule has 0 radical (unpaired) electrons. The number of nitrogens with zero attached hydrogens (tertiary/aromatic N) is 1. The van der Waals surface area contributed by atoms with Gasteiger partial charge in [0.25, 0.3) is 0 Å². The van der Waals surface area contributed by atoms with Crippen molar-refractivity contribution < 1.29 is 8.76 Å². The first-order valence-corrected chi connectivity index (χ1v) is 7.65. The van der Waals surface area contributed by atoms with Gasteiger partial charge in [0, 0.05) is 0 Å². The van der Waals surface area contributed by atoms with Gasteiger partial charge in [-0.05, 0) is 12.8 Å². The van der Waals surface area contributed by atoms with Crippen LogP contribution in [0.4, 0.5) is 0 Å². The number of unbranched alkanes of at least 4 members (excludes halogenated alkanes) is 2. The van der Waals surface area contributed by atoms with Gasteiger partial charge >= 0.3 is 0 Å². The first kappa shape index (κ1) is 16.6. The molecule has 0 aromatic rings. The molecule has 3 unspecified atom stereocenters. The van der Waals surface area contributed by atoms with E-state index in [0.29, 0.717) is 12.8 Å². The van der Waals surface area contributed by atoms with E-state index in [2.05, 4.69) is 13.8 Å². The van der Waals surface area contributed by atoms with Gasteiger partial charge in [0.15, 0.2) is 0 Å². The highest BCUT2D eigenvalue weighted by molar-refractivity contribution is 7.76. The minimum Gasteiger partial charge on any atom is -0.294 e. The standard InChI is InChI=1S/C10H21Cl2NO2S/c1-3-5-7-9(11)13(16(14)15)10(12)8-6-4-2/h9-10H,3-8H2,1-2H3,(H,14,15). The minimum atomic E-state index is -2.10. The molecule has 0 aromatic heterocycles. The molecular weight excluding hydrogens is 269 g/mol. The molecule has 0 fully saturated rings. The summed E-state index contributed by atoms with van der Waals surface area (Å²) >= 11 is 10.1. The SMILES string of the molecule is CCCCC(Cl)N(C(Cl)CCCC)S(=O)O. The van der Waals surface area contributed by atoms with Crippen molar-refractivity contribution in [1.29, 1.82) is 0 Å². The Labute approximate surface area is 111 Å². The van der Waals surface area contributed by atoms with Gasteiger partial charge in [-0.3, -0.25) is 4.55 Å². The van der Waals surface area contributed by atoms with Gasteiger partial charge in [-0.15, -0.1) is 23.2 Å². The van der Waals surface area contributed by atoms with Crippen LogP contribution in [0.25, 0.3) is 0 Å². The Morgan fingerprint density at radius 1 is 1.12 bits per heavy atom. The second-order valence-electron chi connectivity index (χ2n) is 3.74. The minimum absolute atomic E-state index is 0.467. The van der Waals surface area contributed by atoms with E-state index in [9.17, 15) is 8.76 Å². The Kier molecular flexibility index (Phi) is 10.0. The Balaban J connectivity index is 4.28. The van der Waals surface area contributed by atoms with Crippen LogP contribution < -0.4 is 0 Å². The maximum Gasteiger partial charge on any atom is 0.237 e. The summed E-state index contributed by atoms with van der Waals surface area (Å²) in [5.74, 6) is 0. The van der Waals surface area contributed by atoms with Crippen LogP contribution in [0, 0.1) is 0 Å². The second-order valence-corrected chi connectivity index (χ2v) is 5.63. The molecule has 0 aromatic carbocycles. The third-order valence-corrected chi connectivity index (χ3v) is 4.28. The molecule has 0 heterocycles. The van der Waals surface area contributed by atoms with Gasteiger partial charge in [-0.1, -0.05) is 39.5 Å². The van der Waals surface area contributed by atoms with E-state index in [-0.39, 0.29) is 0 Å². The summed E-state index contributed by atoms with van der Waals surface area (Å²) in [6, 6.07) is 0. The van der Waals surface area contributed by atoms with Crippen molar-refractivity contribution in [3.63, 3.8) is 0 Å². The second kappa shape index (κ2) is 9.66. The summed E-state index contributed by atoms with van der Waals surface area (Å²) in [6.07, 6.45) is 5.24. The number of rotatable bonds is 9. The lowest BCUT2D eigenvalue weighted by atomic mass is 10.2. The third-order valence-electron chi connectivity index (χ3n) is 2.32. The van der Waals surface area contributed by atoms with E-state index in [1.807, 2.05) is 0 Å². The van der Waals surface area contributed by atoms with E-state index in [4.69, 9.17) is 23.2 Å². The van der Waals surface area contributed by atoms with Crippen molar-refractivity contribution in [3.8, 4) is 0 Å². The number of hydrogen-bond donors (Lipinski definition) is 1. The number of alkyl halides is 2. The summed E-state index contributed by atoms with van der Waals surface area (Å²) in [7, 11) is 0. The van der Waals surface area contributed by atoms with Crippen LogP contribution in [0.3, 0.4) is 0 Å². The van der Waals surface area contributed by atoms with Crippen molar-refractivity contribution in [1.82, 2.24) is 4.31 Å². The highest BCUT2D eigenvalue weighted by Gasteiger charge is 2.27. The van der Waals surface area contributed by atoms with Crippen LogP contribution in [0.1, 0.15) is 52.4 Å². The third kappa shape index (κ3) is 6.40. The fourth-order valence-corrected chi connectivity index (χ4v) is 3.02. The van der Waals surface area contributed by atoms with Gasteiger partial charge in [0.2, 0.25) is 11.3 Å². The van der Waals surface area contributed by atoms with Gasteiger partial charge in [0.05, 0.1) is 0 Å². The lowest BCUT2D eigenvalue weighted by Crippen LogP contribution is -2.38. The Hall–Kier alpha value is 0.650. The maximum atomic E-state index is 11.2. The zero-order valence-electron chi connectivity index (χ0n) is 9.86. The first-order valence-electron chi connectivity index (χ1n) is 5.72. The molecule has 0 rings (SSSR count). The highest BCUT2D eigenvalue weighted by atomic mass is 35.5. The van der Waals surface area contributed by atoms with Crippen molar-refractivity contribution >= 4 is 34.5 Å². The van der Waals surface area contributed by atoms with Crippen LogP contribution in [-0.4, -0.2) is 24.1 Å². The van der Waals surface area contributed by atoms with Gasteiger partial charge in [-0.25, -0.2) is 4.21 Å².